The fourth-order valence-corrected chi connectivity index (χ4v) is 3.71. The molecule has 0 atom stereocenters. The van der Waals surface area contributed by atoms with Crippen LogP contribution >= 0.6 is 0 Å². The van der Waals surface area contributed by atoms with Gasteiger partial charge in [-0.3, -0.25) is 14.4 Å². The van der Waals surface area contributed by atoms with E-state index in [0.717, 1.165) is 44.2 Å². The van der Waals surface area contributed by atoms with Crippen LogP contribution in [-0.4, -0.2) is 58.8 Å². The van der Waals surface area contributed by atoms with Gasteiger partial charge in [0.15, 0.2) is 5.69 Å². The van der Waals surface area contributed by atoms with E-state index < -0.39 is 0 Å². The molecule has 158 valence electrons. The van der Waals surface area contributed by atoms with Crippen molar-refractivity contribution in [1.29, 1.82) is 0 Å². The van der Waals surface area contributed by atoms with Gasteiger partial charge in [-0.25, -0.2) is 0 Å². The van der Waals surface area contributed by atoms with Crippen LogP contribution in [0.4, 0.5) is 0 Å². The molecule has 1 aromatic heterocycles. The first kappa shape index (κ1) is 21.4. The van der Waals surface area contributed by atoms with E-state index in [1.807, 2.05) is 27.8 Å². The number of carbonyl (C=O) groups excluding carboxylic acids is 1. The summed E-state index contributed by atoms with van der Waals surface area (Å²) < 4.78 is 7.23. The summed E-state index contributed by atoms with van der Waals surface area (Å²) in [6.07, 6.45) is 0. The molecule has 1 fully saturated rings. The molecular weight excluding hydrogens is 364 g/mol. The summed E-state index contributed by atoms with van der Waals surface area (Å²) in [6.45, 7) is 14.7. The largest absolute Gasteiger partial charge is 0.497 e. The number of hydrogen-bond acceptors (Lipinski definition) is 4. The Morgan fingerprint density at radius 2 is 1.72 bits per heavy atom. The van der Waals surface area contributed by atoms with E-state index in [1.54, 1.807) is 7.11 Å². The third kappa shape index (κ3) is 4.99. The summed E-state index contributed by atoms with van der Waals surface area (Å²) in [7, 11) is 1.68. The molecule has 0 spiro atoms. The third-order valence-corrected chi connectivity index (χ3v) is 5.41. The van der Waals surface area contributed by atoms with Crippen LogP contribution in [0.5, 0.6) is 5.75 Å². The molecule has 0 bridgehead atoms. The molecule has 1 amide bonds. The van der Waals surface area contributed by atoms with Gasteiger partial charge in [0, 0.05) is 38.4 Å². The van der Waals surface area contributed by atoms with Gasteiger partial charge >= 0.3 is 0 Å². The molecule has 0 saturated carbocycles. The lowest BCUT2D eigenvalue weighted by Gasteiger charge is -2.34. The molecular formula is C23H34N4O2. The van der Waals surface area contributed by atoms with Gasteiger partial charge in [0.1, 0.15) is 5.75 Å². The summed E-state index contributed by atoms with van der Waals surface area (Å²) in [4.78, 5) is 17.4. The molecule has 2 aromatic rings. The molecule has 6 heteroatoms. The Hall–Kier alpha value is -2.34. The fourth-order valence-electron chi connectivity index (χ4n) is 3.71. The molecule has 2 heterocycles. The Kier molecular flexibility index (Phi) is 6.32. The first-order valence-corrected chi connectivity index (χ1v) is 10.4. The summed E-state index contributed by atoms with van der Waals surface area (Å²) in [5.74, 6) is 1.24. The van der Waals surface area contributed by atoms with Gasteiger partial charge in [0.25, 0.3) is 5.91 Å². The van der Waals surface area contributed by atoms with E-state index in [0.29, 0.717) is 11.6 Å². The van der Waals surface area contributed by atoms with Crippen molar-refractivity contribution in [2.45, 2.75) is 52.6 Å². The highest BCUT2D eigenvalue weighted by atomic mass is 16.5. The van der Waals surface area contributed by atoms with Gasteiger partial charge in [-0.15, -0.1) is 0 Å². The minimum atomic E-state index is -0.144. The number of methoxy groups -OCH3 is 1. The number of benzene rings is 1. The van der Waals surface area contributed by atoms with Crippen LogP contribution in [-0.2, 0) is 12.1 Å². The van der Waals surface area contributed by atoms with Crippen LogP contribution in [0.2, 0.25) is 0 Å². The zero-order valence-electron chi connectivity index (χ0n) is 18.6. The van der Waals surface area contributed by atoms with Crippen molar-refractivity contribution >= 4 is 5.91 Å². The van der Waals surface area contributed by atoms with Gasteiger partial charge in [0.05, 0.1) is 12.6 Å². The van der Waals surface area contributed by atoms with Crippen molar-refractivity contribution in [1.82, 2.24) is 19.6 Å². The highest BCUT2D eigenvalue weighted by molar-refractivity contribution is 5.92. The van der Waals surface area contributed by atoms with Crippen molar-refractivity contribution < 1.29 is 9.53 Å². The molecule has 1 aliphatic heterocycles. The Morgan fingerprint density at radius 3 is 2.21 bits per heavy atom. The normalized spacial score (nSPS) is 15.8. The zero-order chi connectivity index (χ0) is 21.2. The second kappa shape index (κ2) is 8.57. The maximum Gasteiger partial charge on any atom is 0.274 e. The predicted octanol–water partition coefficient (Wildman–Crippen LogP) is 3.73. The van der Waals surface area contributed by atoms with E-state index in [-0.39, 0.29) is 11.4 Å². The topological polar surface area (TPSA) is 50.6 Å². The molecule has 0 radical (unpaired) electrons. The first-order valence-electron chi connectivity index (χ1n) is 10.4. The standard InChI is InChI=1S/C23H34N4O2/c1-17(2)21-15-20(24-27(21)23(3,4)5)22(28)26-13-11-25(12-14-26)16-18-7-9-19(29-6)10-8-18/h7-10,15,17H,11-14,16H2,1-6H3. The fraction of sp³-hybridized carbons (Fsp3) is 0.565. The SMILES string of the molecule is COc1ccc(CN2CCN(C(=O)c3cc(C(C)C)n(C(C)(C)C)n3)CC2)cc1. The maximum absolute atomic E-state index is 13.1. The van der Waals surface area contributed by atoms with Gasteiger partial charge in [-0.1, -0.05) is 26.0 Å². The van der Waals surface area contributed by atoms with E-state index in [1.165, 1.54) is 5.56 Å². The average Bonchev–Trinajstić information content (AvgIpc) is 3.15. The minimum Gasteiger partial charge on any atom is -0.497 e. The molecule has 1 saturated heterocycles. The number of carbonyl (C=O) groups is 1. The Labute approximate surface area is 174 Å². The van der Waals surface area contributed by atoms with Gasteiger partial charge in [0.2, 0.25) is 0 Å². The summed E-state index contributed by atoms with van der Waals surface area (Å²) in [6, 6.07) is 10.2. The van der Waals surface area contributed by atoms with Crippen molar-refractivity contribution in [3.05, 3.63) is 47.3 Å². The maximum atomic E-state index is 13.1. The van der Waals surface area contributed by atoms with Gasteiger partial charge < -0.3 is 9.64 Å². The van der Waals surface area contributed by atoms with E-state index in [9.17, 15) is 4.79 Å². The van der Waals surface area contributed by atoms with Gasteiger partial charge in [-0.05, 0) is 50.5 Å². The Bertz CT molecular complexity index is 826. The van der Waals surface area contributed by atoms with Crippen molar-refractivity contribution in [3.8, 4) is 5.75 Å². The minimum absolute atomic E-state index is 0.0407. The second-order valence-corrected chi connectivity index (χ2v) is 9.11. The first-order chi connectivity index (χ1) is 13.7. The predicted molar refractivity (Wildman–Crippen MR) is 115 cm³/mol. The monoisotopic (exact) mass is 398 g/mol. The highest BCUT2D eigenvalue weighted by Crippen LogP contribution is 2.24. The van der Waals surface area contributed by atoms with Crippen molar-refractivity contribution in [2.75, 3.05) is 33.3 Å². The summed E-state index contributed by atoms with van der Waals surface area (Å²) in [5.41, 5.74) is 2.79. The van der Waals surface area contributed by atoms with Crippen LogP contribution in [0.1, 0.15) is 62.3 Å². The third-order valence-electron chi connectivity index (χ3n) is 5.41. The molecule has 3 rings (SSSR count). The molecule has 0 unspecified atom stereocenters. The number of hydrogen-bond donors (Lipinski definition) is 0. The number of amides is 1. The molecule has 0 aliphatic carbocycles. The van der Waals surface area contributed by atoms with E-state index in [2.05, 4.69) is 56.8 Å². The lowest BCUT2D eigenvalue weighted by molar-refractivity contribution is 0.0621. The molecule has 1 aliphatic rings. The molecule has 6 nitrogen and oxygen atoms in total. The number of rotatable bonds is 5. The Morgan fingerprint density at radius 1 is 1.10 bits per heavy atom. The van der Waals surface area contributed by atoms with Crippen molar-refractivity contribution in [2.24, 2.45) is 0 Å². The number of ether oxygens (including phenoxy) is 1. The molecule has 0 N–H and O–H groups in total. The summed E-state index contributed by atoms with van der Waals surface area (Å²) >= 11 is 0. The average molecular weight is 399 g/mol. The lowest BCUT2D eigenvalue weighted by Crippen LogP contribution is -2.48. The van der Waals surface area contributed by atoms with Crippen LogP contribution in [0.25, 0.3) is 0 Å². The van der Waals surface area contributed by atoms with E-state index in [4.69, 9.17) is 4.74 Å². The van der Waals surface area contributed by atoms with Crippen LogP contribution < -0.4 is 4.74 Å². The quantitative estimate of drug-likeness (QED) is 0.770. The van der Waals surface area contributed by atoms with Gasteiger partial charge in [-0.2, -0.15) is 5.10 Å². The smallest absolute Gasteiger partial charge is 0.274 e. The van der Waals surface area contributed by atoms with E-state index >= 15 is 0 Å². The lowest BCUT2D eigenvalue weighted by atomic mass is 10.1. The van der Waals surface area contributed by atoms with Crippen molar-refractivity contribution in [3.63, 3.8) is 0 Å². The summed E-state index contributed by atoms with van der Waals surface area (Å²) in [5, 5.41) is 4.68. The number of piperazine rings is 1. The van der Waals surface area contributed by atoms with Crippen LogP contribution in [0.15, 0.2) is 30.3 Å². The Balaban J connectivity index is 1.62. The number of aromatic nitrogens is 2. The molecule has 29 heavy (non-hydrogen) atoms. The zero-order valence-corrected chi connectivity index (χ0v) is 18.6. The number of nitrogens with zero attached hydrogens (tertiary/aromatic N) is 4. The second-order valence-electron chi connectivity index (χ2n) is 9.11. The molecule has 1 aromatic carbocycles. The highest BCUT2D eigenvalue weighted by Gasteiger charge is 2.28. The van der Waals surface area contributed by atoms with Crippen LogP contribution in [0, 0.1) is 0 Å². The van der Waals surface area contributed by atoms with Crippen LogP contribution in [0.3, 0.4) is 0 Å².